The molecule has 6 rings (SSSR count). The third kappa shape index (κ3) is 2.04. The molecular weight excluding hydrogens is 316 g/mol. The van der Waals surface area contributed by atoms with E-state index in [4.69, 9.17) is 4.42 Å². The molecule has 0 unspecified atom stereocenters. The van der Waals surface area contributed by atoms with Crippen LogP contribution in [-0.2, 0) is 12.5 Å². The van der Waals surface area contributed by atoms with Gasteiger partial charge in [0, 0.05) is 32.0 Å². The molecule has 3 heterocycles. The lowest BCUT2D eigenvalue weighted by molar-refractivity contribution is 0.296. The van der Waals surface area contributed by atoms with Crippen molar-refractivity contribution in [3.63, 3.8) is 0 Å². The number of hydrogen-bond donors (Lipinski definition) is 0. The second-order valence-corrected chi connectivity index (χ2v) is 8.54. The molecule has 4 aliphatic rings. The fourth-order valence-electron chi connectivity index (χ4n) is 5.03. The van der Waals surface area contributed by atoms with Gasteiger partial charge < -0.3 is 13.9 Å². The minimum Gasteiger partial charge on any atom is -0.424 e. The van der Waals surface area contributed by atoms with Crippen LogP contribution in [0.1, 0.15) is 74.4 Å². The first-order valence-corrected chi connectivity index (χ1v) is 9.73. The van der Waals surface area contributed by atoms with Crippen molar-refractivity contribution in [2.24, 2.45) is 13.0 Å². The van der Waals surface area contributed by atoms with Crippen molar-refractivity contribution in [1.29, 1.82) is 0 Å². The fourth-order valence-corrected chi connectivity index (χ4v) is 5.03. The number of aromatic nitrogens is 5. The average molecular weight is 340 g/mol. The fraction of sp³-hybridized carbons (Fsp3) is 0.778. The first kappa shape index (κ1) is 14.3. The van der Waals surface area contributed by atoms with E-state index in [2.05, 4.69) is 36.9 Å². The van der Waals surface area contributed by atoms with Crippen LogP contribution in [0.3, 0.4) is 0 Å². The zero-order valence-electron chi connectivity index (χ0n) is 14.7. The van der Waals surface area contributed by atoms with E-state index in [0.29, 0.717) is 17.8 Å². The topological polar surface area (TPSA) is 72.9 Å². The Balaban J connectivity index is 1.33. The summed E-state index contributed by atoms with van der Waals surface area (Å²) in [6.45, 7) is 1.96. The lowest BCUT2D eigenvalue weighted by Crippen LogP contribution is -2.33. The van der Waals surface area contributed by atoms with Crippen molar-refractivity contribution >= 4 is 5.95 Å². The molecule has 0 spiro atoms. The van der Waals surface area contributed by atoms with Gasteiger partial charge >= 0.3 is 0 Å². The van der Waals surface area contributed by atoms with Gasteiger partial charge in [-0.05, 0) is 44.4 Å². The number of hydrogen-bond acceptors (Lipinski definition) is 6. The minimum atomic E-state index is 0.0197. The smallest absolute Gasteiger partial charge is 0.227 e. The summed E-state index contributed by atoms with van der Waals surface area (Å²) < 4.78 is 8.38. The molecule has 1 saturated heterocycles. The van der Waals surface area contributed by atoms with Gasteiger partial charge in [-0.3, -0.25) is 0 Å². The molecule has 0 aromatic carbocycles. The second kappa shape index (κ2) is 4.83. The Hall–Kier alpha value is -1.92. The molecule has 7 nitrogen and oxygen atoms in total. The van der Waals surface area contributed by atoms with E-state index >= 15 is 0 Å². The van der Waals surface area contributed by atoms with Crippen LogP contribution in [0.4, 0.5) is 5.95 Å². The Kier molecular flexibility index (Phi) is 2.76. The molecule has 1 aliphatic heterocycles. The Bertz CT molecular complexity index is 819. The maximum Gasteiger partial charge on any atom is 0.227 e. The summed E-state index contributed by atoms with van der Waals surface area (Å²) in [6, 6.07) is 0. The number of anilines is 1. The first-order chi connectivity index (χ1) is 12.2. The predicted molar refractivity (Wildman–Crippen MR) is 90.5 cm³/mol. The predicted octanol–water partition coefficient (Wildman–Crippen LogP) is 2.51. The van der Waals surface area contributed by atoms with Crippen molar-refractivity contribution < 1.29 is 4.42 Å². The standard InChI is InChI=1S/C18H24N6O/c1-23-14(11-4-5-11)19-22-17(23)24-9-13-3-2-8-18(13,10-24)16-21-20-15(25-16)12-6-7-12/h11-13H,2-10H2,1H3/t13-,18-/m0/s1. The van der Waals surface area contributed by atoms with Gasteiger partial charge in [0.1, 0.15) is 5.82 Å². The first-order valence-electron chi connectivity index (χ1n) is 9.73. The van der Waals surface area contributed by atoms with E-state index in [9.17, 15) is 0 Å². The molecule has 0 N–H and O–H groups in total. The van der Waals surface area contributed by atoms with E-state index in [1.165, 1.54) is 38.5 Å². The highest BCUT2D eigenvalue weighted by atomic mass is 16.4. The monoisotopic (exact) mass is 340 g/mol. The lowest BCUT2D eigenvalue weighted by atomic mass is 9.80. The SMILES string of the molecule is Cn1c(C2CC2)nnc1N1C[C@@H]2CCC[C@]2(c2nnc(C3CC3)o2)C1. The molecular formula is C18H24N6O. The van der Waals surface area contributed by atoms with Gasteiger partial charge in [-0.15, -0.1) is 20.4 Å². The molecule has 0 radical (unpaired) electrons. The Morgan fingerprint density at radius 2 is 1.84 bits per heavy atom. The van der Waals surface area contributed by atoms with Gasteiger partial charge in [-0.2, -0.15) is 0 Å². The van der Waals surface area contributed by atoms with E-state index in [1.807, 2.05) is 0 Å². The summed E-state index contributed by atoms with van der Waals surface area (Å²) in [7, 11) is 2.11. The van der Waals surface area contributed by atoms with Gasteiger partial charge in [0.2, 0.25) is 17.7 Å². The molecule has 2 atom stereocenters. The molecule has 0 amide bonds. The maximum absolute atomic E-state index is 6.17. The van der Waals surface area contributed by atoms with E-state index < -0.39 is 0 Å². The van der Waals surface area contributed by atoms with E-state index in [0.717, 1.165) is 43.1 Å². The number of rotatable bonds is 4. The van der Waals surface area contributed by atoms with Crippen LogP contribution < -0.4 is 4.90 Å². The number of fused-ring (bicyclic) bond motifs is 1. The molecule has 4 fully saturated rings. The lowest BCUT2D eigenvalue weighted by Gasteiger charge is -2.24. The van der Waals surface area contributed by atoms with E-state index in [1.54, 1.807) is 0 Å². The minimum absolute atomic E-state index is 0.0197. The van der Waals surface area contributed by atoms with Gasteiger partial charge in [0.05, 0.1) is 5.41 Å². The highest BCUT2D eigenvalue weighted by Gasteiger charge is 2.55. The average Bonchev–Trinajstić information content (AvgIpc) is 3.45. The summed E-state index contributed by atoms with van der Waals surface area (Å²) in [5.41, 5.74) is 0.0197. The molecule has 2 aromatic heterocycles. The molecule has 3 aliphatic carbocycles. The van der Waals surface area contributed by atoms with Crippen molar-refractivity contribution in [2.75, 3.05) is 18.0 Å². The van der Waals surface area contributed by atoms with Gasteiger partial charge in [-0.25, -0.2) is 0 Å². The van der Waals surface area contributed by atoms with Crippen LogP contribution >= 0.6 is 0 Å². The summed E-state index contributed by atoms with van der Waals surface area (Å²) in [5.74, 6) is 5.63. The van der Waals surface area contributed by atoms with E-state index in [-0.39, 0.29) is 5.41 Å². The molecule has 25 heavy (non-hydrogen) atoms. The van der Waals surface area contributed by atoms with Crippen molar-refractivity contribution in [3.05, 3.63) is 17.6 Å². The highest BCUT2D eigenvalue weighted by Crippen LogP contribution is 2.52. The van der Waals surface area contributed by atoms with Crippen LogP contribution in [-0.4, -0.2) is 38.1 Å². The Morgan fingerprint density at radius 3 is 2.64 bits per heavy atom. The van der Waals surface area contributed by atoms with Crippen molar-refractivity contribution in [2.45, 2.75) is 62.2 Å². The Labute approximate surface area is 146 Å². The number of nitrogens with zero attached hydrogens (tertiary/aromatic N) is 6. The molecule has 2 aromatic rings. The highest BCUT2D eigenvalue weighted by molar-refractivity contribution is 5.39. The summed E-state index contributed by atoms with van der Waals surface area (Å²) in [5, 5.41) is 17.9. The van der Waals surface area contributed by atoms with Crippen LogP contribution in [0.5, 0.6) is 0 Å². The molecule has 132 valence electrons. The van der Waals surface area contributed by atoms with Crippen LogP contribution in [0.2, 0.25) is 0 Å². The third-order valence-corrected chi connectivity index (χ3v) is 6.77. The second-order valence-electron chi connectivity index (χ2n) is 8.54. The summed E-state index contributed by atoms with van der Waals surface area (Å²) in [4.78, 5) is 2.41. The molecule has 3 saturated carbocycles. The third-order valence-electron chi connectivity index (χ3n) is 6.77. The molecule has 0 bridgehead atoms. The quantitative estimate of drug-likeness (QED) is 0.851. The maximum atomic E-state index is 6.17. The Morgan fingerprint density at radius 1 is 1.00 bits per heavy atom. The van der Waals surface area contributed by atoms with Crippen LogP contribution in [0.25, 0.3) is 0 Å². The van der Waals surface area contributed by atoms with Crippen molar-refractivity contribution in [1.82, 2.24) is 25.0 Å². The van der Waals surface area contributed by atoms with Gasteiger partial charge in [0.25, 0.3) is 0 Å². The van der Waals surface area contributed by atoms with Crippen LogP contribution in [0, 0.1) is 5.92 Å². The van der Waals surface area contributed by atoms with Gasteiger partial charge in [-0.1, -0.05) is 6.42 Å². The summed E-state index contributed by atoms with van der Waals surface area (Å²) >= 11 is 0. The molecule has 7 heteroatoms. The van der Waals surface area contributed by atoms with Crippen LogP contribution in [0.15, 0.2) is 4.42 Å². The van der Waals surface area contributed by atoms with Crippen molar-refractivity contribution in [3.8, 4) is 0 Å². The normalized spacial score (nSPS) is 31.7. The zero-order chi connectivity index (χ0) is 16.6. The largest absolute Gasteiger partial charge is 0.424 e. The van der Waals surface area contributed by atoms with Gasteiger partial charge in [0.15, 0.2) is 0 Å². The zero-order valence-corrected chi connectivity index (χ0v) is 14.7. The summed E-state index contributed by atoms with van der Waals surface area (Å²) in [6.07, 6.45) is 8.56.